The zero-order valence-electron chi connectivity index (χ0n) is 13.0. The van der Waals surface area contributed by atoms with Crippen LogP contribution in [0.15, 0.2) is 42.7 Å². The molecule has 0 saturated carbocycles. The molecule has 8 nitrogen and oxygen atoms in total. The number of ether oxygens (including phenoxy) is 1. The van der Waals surface area contributed by atoms with E-state index in [0.717, 1.165) is 5.56 Å². The summed E-state index contributed by atoms with van der Waals surface area (Å²) in [6, 6.07) is 11.1. The molecule has 0 saturated heterocycles. The SMILES string of the molecule is COC(=O)c1ccn(Cc2cn(Cc3ccccc3C#N)nn2)n1. The van der Waals surface area contributed by atoms with Crippen LogP contribution in [-0.2, 0) is 17.8 Å². The molecule has 2 heterocycles. The number of nitrogens with zero attached hydrogens (tertiary/aromatic N) is 6. The Kier molecular flexibility index (Phi) is 4.34. The third-order valence-electron chi connectivity index (χ3n) is 3.42. The minimum Gasteiger partial charge on any atom is -0.464 e. The van der Waals surface area contributed by atoms with Crippen molar-refractivity contribution in [2.24, 2.45) is 0 Å². The Labute approximate surface area is 137 Å². The van der Waals surface area contributed by atoms with Crippen LogP contribution in [0, 0.1) is 11.3 Å². The fourth-order valence-corrected chi connectivity index (χ4v) is 2.26. The number of rotatable bonds is 5. The van der Waals surface area contributed by atoms with Crippen LogP contribution in [0.25, 0.3) is 0 Å². The van der Waals surface area contributed by atoms with Crippen molar-refractivity contribution in [1.29, 1.82) is 5.26 Å². The molecule has 0 amide bonds. The summed E-state index contributed by atoms with van der Waals surface area (Å²) in [6.45, 7) is 0.847. The number of hydrogen-bond acceptors (Lipinski definition) is 6. The molecule has 8 heteroatoms. The van der Waals surface area contributed by atoms with Crippen LogP contribution in [0.2, 0.25) is 0 Å². The average Bonchev–Trinajstić information content (AvgIpc) is 3.25. The van der Waals surface area contributed by atoms with E-state index >= 15 is 0 Å². The van der Waals surface area contributed by atoms with Crippen LogP contribution < -0.4 is 0 Å². The van der Waals surface area contributed by atoms with Crippen molar-refractivity contribution in [3.05, 3.63) is 65.2 Å². The number of carbonyl (C=O) groups excluding carboxylic acids is 1. The molecule has 0 aliphatic carbocycles. The first kappa shape index (κ1) is 15.4. The molecule has 0 atom stereocenters. The standard InChI is InChI=1S/C16H14N6O2/c1-24-16(23)15-6-7-21(19-15)10-14-11-22(20-18-14)9-13-5-3-2-4-12(13)8-17/h2-7,11H,9-10H2,1H3. The van der Waals surface area contributed by atoms with Gasteiger partial charge in [-0.1, -0.05) is 23.4 Å². The number of carbonyl (C=O) groups is 1. The molecule has 0 bridgehead atoms. The highest BCUT2D eigenvalue weighted by atomic mass is 16.5. The summed E-state index contributed by atoms with van der Waals surface area (Å²) in [7, 11) is 1.31. The van der Waals surface area contributed by atoms with E-state index in [9.17, 15) is 4.79 Å². The van der Waals surface area contributed by atoms with Gasteiger partial charge in [0.25, 0.3) is 0 Å². The van der Waals surface area contributed by atoms with Gasteiger partial charge in [-0.05, 0) is 17.7 Å². The first-order chi connectivity index (χ1) is 11.7. The first-order valence-corrected chi connectivity index (χ1v) is 7.18. The molecule has 1 aromatic carbocycles. The lowest BCUT2D eigenvalue weighted by Crippen LogP contribution is -2.06. The molecule has 0 fully saturated rings. The zero-order valence-corrected chi connectivity index (χ0v) is 13.0. The second-order valence-electron chi connectivity index (χ2n) is 5.07. The van der Waals surface area contributed by atoms with Gasteiger partial charge in [0.05, 0.1) is 38.0 Å². The molecular weight excluding hydrogens is 308 g/mol. The molecule has 0 aliphatic rings. The van der Waals surface area contributed by atoms with Crippen molar-refractivity contribution in [1.82, 2.24) is 24.8 Å². The van der Waals surface area contributed by atoms with Crippen molar-refractivity contribution in [2.45, 2.75) is 13.1 Å². The summed E-state index contributed by atoms with van der Waals surface area (Å²) in [4.78, 5) is 11.4. The highest BCUT2D eigenvalue weighted by Gasteiger charge is 2.10. The Morgan fingerprint density at radius 3 is 2.88 bits per heavy atom. The van der Waals surface area contributed by atoms with Gasteiger partial charge in [0.1, 0.15) is 5.69 Å². The quantitative estimate of drug-likeness (QED) is 0.655. The van der Waals surface area contributed by atoms with E-state index in [1.165, 1.54) is 7.11 Å². The van der Waals surface area contributed by atoms with Crippen molar-refractivity contribution in [3.63, 3.8) is 0 Å². The largest absolute Gasteiger partial charge is 0.464 e. The topological polar surface area (TPSA) is 98.6 Å². The Bertz CT molecular complexity index is 905. The Morgan fingerprint density at radius 1 is 1.25 bits per heavy atom. The van der Waals surface area contributed by atoms with E-state index in [2.05, 4.69) is 26.2 Å². The van der Waals surface area contributed by atoms with Gasteiger partial charge in [0, 0.05) is 6.20 Å². The summed E-state index contributed by atoms with van der Waals surface area (Å²) < 4.78 is 7.87. The molecule has 3 rings (SSSR count). The molecule has 3 aromatic rings. The molecule has 24 heavy (non-hydrogen) atoms. The predicted octanol–water partition coefficient (Wildman–Crippen LogP) is 1.23. The average molecular weight is 322 g/mol. The molecule has 0 radical (unpaired) electrons. The van der Waals surface area contributed by atoms with Crippen molar-refractivity contribution < 1.29 is 9.53 Å². The number of aromatic nitrogens is 5. The van der Waals surface area contributed by atoms with Gasteiger partial charge >= 0.3 is 5.97 Å². The van der Waals surface area contributed by atoms with Gasteiger partial charge in [-0.2, -0.15) is 10.4 Å². The number of hydrogen-bond donors (Lipinski definition) is 0. The molecule has 120 valence electrons. The number of methoxy groups -OCH3 is 1. The lowest BCUT2D eigenvalue weighted by atomic mass is 10.1. The van der Waals surface area contributed by atoms with Gasteiger partial charge in [0.2, 0.25) is 0 Å². The van der Waals surface area contributed by atoms with E-state index < -0.39 is 5.97 Å². The fourth-order valence-electron chi connectivity index (χ4n) is 2.26. The number of benzene rings is 1. The van der Waals surface area contributed by atoms with Crippen molar-refractivity contribution >= 4 is 5.97 Å². The highest BCUT2D eigenvalue weighted by molar-refractivity contribution is 5.86. The van der Waals surface area contributed by atoms with Crippen LogP contribution >= 0.6 is 0 Å². The van der Waals surface area contributed by atoms with Gasteiger partial charge < -0.3 is 4.74 Å². The first-order valence-electron chi connectivity index (χ1n) is 7.18. The molecular formula is C16H14N6O2. The van der Waals surface area contributed by atoms with Gasteiger partial charge in [-0.15, -0.1) is 5.10 Å². The summed E-state index contributed by atoms with van der Waals surface area (Å²) in [6.07, 6.45) is 3.46. The van der Waals surface area contributed by atoms with E-state index in [1.54, 1.807) is 33.9 Å². The predicted molar refractivity (Wildman–Crippen MR) is 82.9 cm³/mol. The van der Waals surface area contributed by atoms with Crippen LogP contribution in [-0.4, -0.2) is 37.9 Å². The monoisotopic (exact) mass is 322 g/mol. The fraction of sp³-hybridized carbons (Fsp3) is 0.188. The van der Waals surface area contributed by atoms with Crippen LogP contribution in [0.5, 0.6) is 0 Å². The van der Waals surface area contributed by atoms with Gasteiger partial charge in [0.15, 0.2) is 5.69 Å². The van der Waals surface area contributed by atoms with Crippen molar-refractivity contribution in [3.8, 4) is 6.07 Å². The maximum Gasteiger partial charge on any atom is 0.358 e. The minimum atomic E-state index is -0.481. The van der Waals surface area contributed by atoms with Gasteiger partial charge in [-0.3, -0.25) is 4.68 Å². The maximum atomic E-state index is 11.4. The Balaban J connectivity index is 1.71. The molecule has 0 unspecified atom stereocenters. The number of nitriles is 1. The summed E-state index contributed by atoms with van der Waals surface area (Å²) in [5, 5.41) is 21.4. The van der Waals surface area contributed by atoms with Crippen LogP contribution in [0.3, 0.4) is 0 Å². The summed E-state index contributed by atoms with van der Waals surface area (Å²) in [5.41, 5.74) is 2.43. The highest BCUT2D eigenvalue weighted by Crippen LogP contribution is 2.09. The van der Waals surface area contributed by atoms with E-state index in [0.29, 0.717) is 24.3 Å². The van der Waals surface area contributed by atoms with Gasteiger partial charge in [-0.25, -0.2) is 9.48 Å². The smallest absolute Gasteiger partial charge is 0.358 e. The van der Waals surface area contributed by atoms with E-state index in [4.69, 9.17) is 5.26 Å². The second-order valence-corrected chi connectivity index (χ2v) is 5.07. The normalized spacial score (nSPS) is 10.3. The molecule has 2 aromatic heterocycles. The number of esters is 1. The van der Waals surface area contributed by atoms with Crippen LogP contribution in [0.4, 0.5) is 0 Å². The van der Waals surface area contributed by atoms with E-state index in [1.807, 2.05) is 18.2 Å². The second kappa shape index (κ2) is 6.75. The molecule has 0 spiro atoms. The molecule has 0 N–H and O–H groups in total. The van der Waals surface area contributed by atoms with Crippen LogP contribution in [0.1, 0.15) is 27.3 Å². The Hall–Kier alpha value is -3.47. The Morgan fingerprint density at radius 2 is 2.08 bits per heavy atom. The third kappa shape index (κ3) is 3.30. The summed E-state index contributed by atoms with van der Waals surface area (Å²) in [5.74, 6) is -0.481. The lowest BCUT2D eigenvalue weighted by molar-refractivity contribution is 0.0593. The minimum absolute atomic E-state index is 0.243. The van der Waals surface area contributed by atoms with Crippen molar-refractivity contribution in [2.75, 3.05) is 7.11 Å². The zero-order chi connectivity index (χ0) is 16.9. The lowest BCUT2D eigenvalue weighted by Gasteiger charge is -2.02. The van der Waals surface area contributed by atoms with E-state index in [-0.39, 0.29) is 5.69 Å². The summed E-state index contributed by atoms with van der Waals surface area (Å²) >= 11 is 0. The third-order valence-corrected chi connectivity index (χ3v) is 3.42. The maximum absolute atomic E-state index is 11.4. The molecule has 0 aliphatic heterocycles.